The van der Waals surface area contributed by atoms with Gasteiger partial charge in [0, 0.05) is 23.3 Å². The number of anilines is 1. The Hall–Kier alpha value is -3.80. The molecule has 3 aromatic rings. The summed E-state index contributed by atoms with van der Waals surface area (Å²) in [5.41, 5.74) is 4.26. The van der Waals surface area contributed by atoms with Gasteiger partial charge in [0.25, 0.3) is 5.69 Å². The van der Waals surface area contributed by atoms with Gasteiger partial charge in [0.15, 0.2) is 0 Å². The number of amides is 1. The standard InChI is InChI=1S/C22H17N3O3/c26-21-14-23-22(17-6-2-1-3-7-17)19-8-4-5-9-20(19)24(21)15-16-10-12-18(13-11-16)25(27)28/h1-13H,14-15H2. The summed E-state index contributed by atoms with van der Waals surface area (Å²) in [6, 6.07) is 23.7. The summed E-state index contributed by atoms with van der Waals surface area (Å²) >= 11 is 0. The maximum Gasteiger partial charge on any atom is 0.269 e. The molecule has 4 rings (SSSR count). The summed E-state index contributed by atoms with van der Waals surface area (Å²) < 4.78 is 0. The van der Waals surface area contributed by atoms with E-state index in [4.69, 9.17) is 0 Å². The van der Waals surface area contributed by atoms with Crippen molar-refractivity contribution in [3.05, 3.63) is 106 Å². The molecule has 0 unspecified atom stereocenters. The van der Waals surface area contributed by atoms with Crippen LogP contribution < -0.4 is 4.90 Å². The van der Waals surface area contributed by atoms with E-state index >= 15 is 0 Å². The van der Waals surface area contributed by atoms with Gasteiger partial charge in [0.1, 0.15) is 6.54 Å². The molecule has 1 aliphatic heterocycles. The molecule has 0 spiro atoms. The van der Waals surface area contributed by atoms with Gasteiger partial charge in [-0.15, -0.1) is 0 Å². The first-order valence-electron chi connectivity index (χ1n) is 8.86. The molecule has 138 valence electrons. The third-order valence-electron chi connectivity index (χ3n) is 4.66. The Morgan fingerprint density at radius 2 is 1.61 bits per heavy atom. The van der Waals surface area contributed by atoms with Crippen LogP contribution >= 0.6 is 0 Å². The van der Waals surface area contributed by atoms with Crippen LogP contribution in [0.25, 0.3) is 0 Å². The molecule has 0 radical (unpaired) electrons. The van der Waals surface area contributed by atoms with Crippen LogP contribution in [0, 0.1) is 10.1 Å². The molecule has 0 saturated carbocycles. The van der Waals surface area contributed by atoms with Crippen molar-refractivity contribution in [2.45, 2.75) is 6.54 Å². The molecule has 6 heteroatoms. The number of nitrogens with zero attached hydrogens (tertiary/aromatic N) is 3. The van der Waals surface area contributed by atoms with Crippen LogP contribution in [0.3, 0.4) is 0 Å². The Morgan fingerprint density at radius 1 is 0.929 bits per heavy atom. The second-order valence-electron chi connectivity index (χ2n) is 6.45. The SMILES string of the molecule is O=C1CN=C(c2ccccc2)c2ccccc2N1Cc1ccc([N+](=O)[O-])cc1. The first kappa shape index (κ1) is 17.6. The second kappa shape index (κ2) is 7.44. The Bertz CT molecular complexity index is 1060. The van der Waals surface area contributed by atoms with E-state index in [9.17, 15) is 14.9 Å². The normalized spacial score (nSPS) is 13.5. The molecule has 28 heavy (non-hydrogen) atoms. The van der Waals surface area contributed by atoms with E-state index in [1.807, 2.05) is 54.6 Å². The van der Waals surface area contributed by atoms with Gasteiger partial charge in [-0.1, -0.05) is 60.7 Å². The van der Waals surface area contributed by atoms with Crippen LogP contribution in [0.2, 0.25) is 0 Å². The summed E-state index contributed by atoms with van der Waals surface area (Å²) in [4.78, 5) is 29.5. The molecule has 1 amide bonds. The highest BCUT2D eigenvalue weighted by Gasteiger charge is 2.25. The molecule has 0 saturated heterocycles. The van der Waals surface area contributed by atoms with Crippen LogP contribution in [-0.4, -0.2) is 23.1 Å². The largest absolute Gasteiger partial charge is 0.306 e. The zero-order chi connectivity index (χ0) is 19.5. The third kappa shape index (κ3) is 3.40. The number of para-hydroxylation sites is 1. The molecule has 6 nitrogen and oxygen atoms in total. The van der Waals surface area contributed by atoms with Crippen molar-refractivity contribution in [3.8, 4) is 0 Å². The molecule has 1 heterocycles. The van der Waals surface area contributed by atoms with Crippen molar-refractivity contribution >= 4 is 23.0 Å². The molecule has 0 fully saturated rings. The number of fused-ring (bicyclic) bond motifs is 1. The molecular weight excluding hydrogens is 354 g/mol. The first-order valence-corrected chi connectivity index (χ1v) is 8.86. The zero-order valence-corrected chi connectivity index (χ0v) is 15.0. The Balaban J connectivity index is 1.72. The van der Waals surface area contributed by atoms with Gasteiger partial charge in [-0.05, 0) is 11.6 Å². The minimum absolute atomic E-state index is 0.0287. The van der Waals surface area contributed by atoms with Gasteiger partial charge in [-0.3, -0.25) is 19.9 Å². The van der Waals surface area contributed by atoms with Crippen LogP contribution in [0.15, 0.2) is 83.9 Å². The average Bonchev–Trinajstić information content (AvgIpc) is 2.86. The molecule has 1 aliphatic rings. The highest BCUT2D eigenvalue weighted by atomic mass is 16.6. The lowest BCUT2D eigenvalue weighted by atomic mass is 10.00. The number of benzodiazepines with no additional fused rings is 1. The minimum atomic E-state index is -0.434. The van der Waals surface area contributed by atoms with Gasteiger partial charge in [-0.25, -0.2) is 0 Å². The van der Waals surface area contributed by atoms with Crippen LogP contribution in [-0.2, 0) is 11.3 Å². The number of nitro benzene ring substituents is 1. The fraction of sp³-hybridized carbons (Fsp3) is 0.0909. The van der Waals surface area contributed by atoms with E-state index in [0.717, 1.165) is 28.1 Å². The number of nitro groups is 1. The number of aliphatic imine (C=N–C) groups is 1. The average molecular weight is 371 g/mol. The second-order valence-corrected chi connectivity index (χ2v) is 6.45. The fourth-order valence-electron chi connectivity index (χ4n) is 3.28. The summed E-state index contributed by atoms with van der Waals surface area (Å²) in [5.74, 6) is -0.114. The number of hydrogen-bond donors (Lipinski definition) is 0. The maximum absolute atomic E-state index is 12.8. The lowest BCUT2D eigenvalue weighted by molar-refractivity contribution is -0.384. The van der Waals surface area contributed by atoms with Crippen molar-refractivity contribution in [2.24, 2.45) is 4.99 Å². The van der Waals surface area contributed by atoms with Gasteiger partial charge >= 0.3 is 0 Å². The van der Waals surface area contributed by atoms with Crippen molar-refractivity contribution in [1.29, 1.82) is 0 Å². The van der Waals surface area contributed by atoms with Crippen LogP contribution in [0.5, 0.6) is 0 Å². The number of non-ortho nitro benzene ring substituents is 1. The van der Waals surface area contributed by atoms with E-state index in [2.05, 4.69) is 4.99 Å². The molecule has 0 atom stereocenters. The van der Waals surface area contributed by atoms with Gasteiger partial charge in [0.2, 0.25) is 5.91 Å². The number of hydrogen-bond acceptors (Lipinski definition) is 4. The van der Waals surface area contributed by atoms with Crippen molar-refractivity contribution in [2.75, 3.05) is 11.4 Å². The number of rotatable bonds is 4. The summed E-state index contributed by atoms with van der Waals surface area (Å²) in [7, 11) is 0. The summed E-state index contributed by atoms with van der Waals surface area (Å²) in [6.07, 6.45) is 0. The van der Waals surface area contributed by atoms with Gasteiger partial charge in [-0.2, -0.15) is 0 Å². The zero-order valence-electron chi connectivity index (χ0n) is 15.0. The van der Waals surface area contributed by atoms with E-state index < -0.39 is 4.92 Å². The number of benzene rings is 3. The first-order chi connectivity index (χ1) is 13.6. The molecule has 0 N–H and O–H groups in total. The topological polar surface area (TPSA) is 75.8 Å². The third-order valence-corrected chi connectivity index (χ3v) is 4.66. The summed E-state index contributed by atoms with van der Waals surface area (Å²) in [6.45, 7) is 0.372. The van der Waals surface area contributed by atoms with Gasteiger partial charge < -0.3 is 4.90 Å². The molecule has 0 bridgehead atoms. The quantitative estimate of drug-likeness (QED) is 0.514. The Morgan fingerprint density at radius 3 is 2.32 bits per heavy atom. The smallest absolute Gasteiger partial charge is 0.269 e. The predicted octanol–water partition coefficient (Wildman–Crippen LogP) is 3.98. The lowest BCUT2D eigenvalue weighted by Crippen LogP contribution is -2.31. The van der Waals surface area contributed by atoms with Crippen molar-refractivity contribution < 1.29 is 9.72 Å². The highest BCUT2D eigenvalue weighted by molar-refractivity contribution is 6.19. The summed E-state index contributed by atoms with van der Waals surface area (Å²) in [5, 5.41) is 10.9. The highest BCUT2D eigenvalue weighted by Crippen LogP contribution is 2.28. The van der Waals surface area contributed by atoms with Gasteiger partial charge in [0.05, 0.1) is 22.9 Å². The van der Waals surface area contributed by atoms with Crippen molar-refractivity contribution in [3.63, 3.8) is 0 Å². The number of carbonyl (C=O) groups excluding carboxylic acids is 1. The Labute approximate surface area is 161 Å². The molecule has 0 aromatic heterocycles. The molecule has 0 aliphatic carbocycles. The van der Waals surface area contributed by atoms with E-state index in [0.29, 0.717) is 6.54 Å². The monoisotopic (exact) mass is 371 g/mol. The fourth-order valence-corrected chi connectivity index (χ4v) is 3.28. The Kier molecular flexibility index (Phi) is 4.68. The van der Waals surface area contributed by atoms with E-state index in [-0.39, 0.29) is 18.1 Å². The van der Waals surface area contributed by atoms with Crippen LogP contribution in [0.4, 0.5) is 11.4 Å². The maximum atomic E-state index is 12.8. The predicted molar refractivity (Wildman–Crippen MR) is 108 cm³/mol. The molecular formula is C22H17N3O3. The van der Waals surface area contributed by atoms with E-state index in [1.54, 1.807) is 17.0 Å². The minimum Gasteiger partial charge on any atom is -0.306 e. The number of carbonyl (C=O) groups is 1. The van der Waals surface area contributed by atoms with Crippen molar-refractivity contribution in [1.82, 2.24) is 0 Å². The van der Waals surface area contributed by atoms with E-state index in [1.165, 1.54) is 12.1 Å². The lowest BCUT2D eigenvalue weighted by Gasteiger charge is -2.23. The van der Waals surface area contributed by atoms with Crippen LogP contribution in [0.1, 0.15) is 16.7 Å². The molecule has 3 aromatic carbocycles.